The number of nitrogens with one attached hydrogen (secondary N) is 1. The molecule has 0 radical (unpaired) electrons. The summed E-state index contributed by atoms with van der Waals surface area (Å²) in [6.07, 6.45) is 3.46. The zero-order valence-electron chi connectivity index (χ0n) is 21.4. The molecule has 0 heterocycles. The van der Waals surface area contributed by atoms with Gasteiger partial charge in [-0.15, -0.1) is 0 Å². The van der Waals surface area contributed by atoms with Crippen LogP contribution in [-0.2, 0) is 9.47 Å². The number of carbonyl (C=O) groups is 2. The van der Waals surface area contributed by atoms with Gasteiger partial charge in [0.05, 0.1) is 0 Å². The quantitative estimate of drug-likeness (QED) is 0.322. The van der Waals surface area contributed by atoms with Gasteiger partial charge >= 0.3 is 12.2 Å². The molecule has 190 valence electrons. The van der Waals surface area contributed by atoms with Gasteiger partial charge in [0.1, 0.15) is 11.2 Å². The normalized spacial score (nSPS) is 11.9. The molecule has 9 nitrogen and oxygen atoms in total. The Kier molecular flexibility index (Phi) is 15.3. The van der Waals surface area contributed by atoms with Gasteiger partial charge < -0.3 is 36.1 Å². The van der Waals surface area contributed by atoms with Gasteiger partial charge in [-0.2, -0.15) is 0 Å². The van der Waals surface area contributed by atoms with Gasteiger partial charge in [-0.3, -0.25) is 0 Å². The van der Waals surface area contributed by atoms with E-state index in [1.165, 1.54) is 0 Å². The molecule has 0 saturated heterocycles. The molecule has 0 aliphatic heterocycles. The standard InChI is InChI=1S/C23H49N5O4/c1-22(2,3)31-20(29)27(16-8-7-14-26-15-9-12-24)18-11-19-28(17-10-13-25)21(30)32-23(4,5)6/h26H,7-19,24-25H2,1-6H3. The van der Waals surface area contributed by atoms with Crippen molar-refractivity contribution in [1.82, 2.24) is 15.1 Å². The summed E-state index contributed by atoms with van der Waals surface area (Å²) in [5, 5.41) is 3.35. The summed E-state index contributed by atoms with van der Waals surface area (Å²) in [5.74, 6) is 0. The second-order valence-electron chi connectivity index (χ2n) is 10.0. The van der Waals surface area contributed by atoms with E-state index < -0.39 is 11.2 Å². The number of hydrogen-bond donors (Lipinski definition) is 3. The SMILES string of the molecule is CC(C)(C)OC(=O)N(CCCN)CCCN(CCCCNCCCN)C(=O)OC(C)(C)C. The number of amides is 2. The topological polar surface area (TPSA) is 123 Å². The van der Waals surface area contributed by atoms with Crippen molar-refractivity contribution in [1.29, 1.82) is 0 Å². The number of unbranched alkanes of at least 4 members (excludes halogenated alkanes) is 1. The summed E-state index contributed by atoms with van der Waals surface area (Å²) < 4.78 is 11.1. The van der Waals surface area contributed by atoms with E-state index in [-0.39, 0.29) is 12.2 Å². The number of nitrogens with zero attached hydrogens (tertiary/aromatic N) is 2. The smallest absolute Gasteiger partial charge is 0.410 e. The van der Waals surface area contributed by atoms with Crippen LogP contribution in [0.25, 0.3) is 0 Å². The van der Waals surface area contributed by atoms with Gasteiger partial charge in [0, 0.05) is 26.2 Å². The van der Waals surface area contributed by atoms with E-state index in [9.17, 15) is 9.59 Å². The van der Waals surface area contributed by atoms with Crippen molar-refractivity contribution in [3.63, 3.8) is 0 Å². The lowest BCUT2D eigenvalue weighted by Crippen LogP contribution is -2.41. The molecule has 0 unspecified atom stereocenters. The van der Waals surface area contributed by atoms with Crippen LogP contribution in [0.2, 0.25) is 0 Å². The first-order chi connectivity index (χ1) is 14.9. The van der Waals surface area contributed by atoms with Gasteiger partial charge in [-0.1, -0.05) is 0 Å². The van der Waals surface area contributed by atoms with E-state index in [0.29, 0.717) is 52.1 Å². The molecule has 9 heteroatoms. The van der Waals surface area contributed by atoms with Crippen molar-refractivity contribution in [2.45, 2.75) is 84.8 Å². The lowest BCUT2D eigenvalue weighted by molar-refractivity contribution is 0.0203. The highest BCUT2D eigenvalue weighted by atomic mass is 16.6. The first kappa shape index (κ1) is 30.4. The molecule has 5 N–H and O–H groups in total. The molecular formula is C23H49N5O4. The van der Waals surface area contributed by atoms with Crippen molar-refractivity contribution in [2.24, 2.45) is 11.5 Å². The van der Waals surface area contributed by atoms with Crippen molar-refractivity contribution in [3.8, 4) is 0 Å². The fourth-order valence-electron chi connectivity index (χ4n) is 2.88. The van der Waals surface area contributed by atoms with Gasteiger partial charge in [-0.05, 0) is 99.8 Å². The molecule has 0 aliphatic rings. The van der Waals surface area contributed by atoms with Gasteiger partial charge in [0.25, 0.3) is 0 Å². The Balaban J connectivity index is 4.77. The molecule has 0 aliphatic carbocycles. The van der Waals surface area contributed by atoms with Crippen molar-refractivity contribution >= 4 is 12.2 Å². The lowest BCUT2D eigenvalue weighted by Gasteiger charge is -2.30. The van der Waals surface area contributed by atoms with Crippen molar-refractivity contribution in [2.75, 3.05) is 52.4 Å². The molecule has 0 saturated carbocycles. The molecule has 0 spiro atoms. The summed E-state index contributed by atoms with van der Waals surface area (Å²) >= 11 is 0. The van der Waals surface area contributed by atoms with Crippen LogP contribution < -0.4 is 16.8 Å². The second-order valence-corrected chi connectivity index (χ2v) is 10.0. The largest absolute Gasteiger partial charge is 0.444 e. The predicted octanol–water partition coefficient (Wildman–Crippen LogP) is 2.92. The van der Waals surface area contributed by atoms with Gasteiger partial charge in [-0.25, -0.2) is 9.59 Å². The molecule has 0 aromatic rings. The van der Waals surface area contributed by atoms with Crippen LogP contribution in [0.15, 0.2) is 0 Å². The summed E-state index contributed by atoms with van der Waals surface area (Å²) in [5.41, 5.74) is 10.0. The van der Waals surface area contributed by atoms with Crippen LogP contribution in [-0.4, -0.2) is 85.5 Å². The van der Waals surface area contributed by atoms with E-state index in [2.05, 4.69) is 5.32 Å². The maximum absolute atomic E-state index is 12.7. The zero-order valence-corrected chi connectivity index (χ0v) is 21.4. The third-order valence-electron chi connectivity index (χ3n) is 4.38. The minimum absolute atomic E-state index is 0.320. The minimum atomic E-state index is -0.557. The Morgan fingerprint density at radius 3 is 1.50 bits per heavy atom. The predicted molar refractivity (Wildman–Crippen MR) is 130 cm³/mol. The molecule has 32 heavy (non-hydrogen) atoms. The third-order valence-corrected chi connectivity index (χ3v) is 4.38. The monoisotopic (exact) mass is 459 g/mol. The van der Waals surface area contributed by atoms with Crippen LogP contribution in [0, 0.1) is 0 Å². The fourth-order valence-corrected chi connectivity index (χ4v) is 2.88. The van der Waals surface area contributed by atoms with Crippen LogP contribution in [0.5, 0.6) is 0 Å². The number of rotatable bonds is 15. The summed E-state index contributed by atoms with van der Waals surface area (Å²) in [4.78, 5) is 28.6. The molecule has 0 aromatic carbocycles. The Labute approximate surface area is 195 Å². The third kappa shape index (κ3) is 17.0. The van der Waals surface area contributed by atoms with E-state index in [4.69, 9.17) is 20.9 Å². The molecule has 0 aromatic heterocycles. The summed E-state index contributed by atoms with van der Waals surface area (Å²) in [6.45, 7) is 16.3. The molecule has 0 bridgehead atoms. The maximum Gasteiger partial charge on any atom is 0.410 e. The summed E-state index contributed by atoms with van der Waals surface area (Å²) in [7, 11) is 0. The van der Waals surface area contributed by atoms with Crippen LogP contribution in [0.1, 0.15) is 73.6 Å². The van der Waals surface area contributed by atoms with E-state index in [1.807, 2.05) is 41.5 Å². The average molecular weight is 460 g/mol. The van der Waals surface area contributed by atoms with E-state index >= 15 is 0 Å². The van der Waals surface area contributed by atoms with E-state index in [1.54, 1.807) is 9.80 Å². The van der Waals surface area contributed by atoms with Gasteiger partial charge in [0.15, 0.2) is 0 Å². The first-order valence-corrected chi connectivity index (χ1v) is 12.0. The van der Waals surface area contributed by atoms with Crippen LogP contribution >= 0.6 is 0 Å². The second kappa shape index (κ2) is 16.1. The van der Waals surface area contributed by atoms with Gasteiger partial charge in [0.2, 0.25) is 0 Å². The Morgan fingerprint density at radius 1 is 0.656 bits per heavy atom. The zero-order chi connectivity index (χ0) is 24.6. The van der Waals surface area contributed by atoms with Crippen LogP contribution in [0.4, 0.5) is 9.59 Å². The average Bonchev–Trinajstić information content (AvgIpc) is 2.65. The highest BCUT2D eigenvalue weighted by molar-refractivity contribution is 5.68. The molecule has 0 fully saturated rings. The Bertz CT molecular complexity index is 517. The number of nitrogens with two attached hydrogens (primary N) is 2. The molecular weight excluding hydrogens is 410 g/mol. The Morgan fingerprint density at radius 2 is 1.06 bits per heavy atom. The van der Waals surface area contributed by atoms with Crippen LogP contribution in [0.3, 0.4) is 0 Å². The van der Waals surface area contributed by atoms with Crippen molar-refractivity contribution in [3.05, 3.63) is 0 Å². The number of hydrogen-bond acceptors (Lipinski definition) is 7. The number of ether oxygens (including phenoxy) is 2. The Hall–Kier alpha value is -1.58. The molecule has 0 atom stereocenters. The highest BCUT2D eigenvalue weighted by Gasteiger charge is 2.24. The fraction of sp³-hybridized carbons (Fsp3) is 0.913. The highest BCUT2D eigenvalue weighted by Crippen LogP contribution is 2.13. The number of carbonyl (C=O) groups excluding carboxylic acids is 2. The summed E-state index contributed by atoms with van der Waals surface area (Å²) in [6, 6.07) is 0. The molecule has 2 amide bonds. The van der Waals surface area contributed by atoms with Crippen molar-refractivity contribution < 1.29 is 19.1 Å². The maximum atomic E-state index is 12.7. The molecule has 0 rings (SSSR count). The van der Waals surface area contributed by atoms with E-state index in [0.717, 1.165) is 32.4 Å². The first-order valence-electron chi connectivity index (χ1n) is 12.0. The minimum Gasteiger partial charge on any atom is -0.444 e. The lowest BCUT2D eigenvalue weighted by atomic mass is 10.2.